The van der Waals surface area contributed by atoms with Crippen LogP contribution in [0.1, 0.15) is 28.8 Å². The number of nitrogens with zero attached hydrogens (tertiary/aromatic N) is 4. The quantitative estimate of drug-likeness (QED) is 0.344. The molecule has 196 valence electrons. The number of hydrogen-bond acceptors (Lipinski definition) is 6. The highest BCUT2D eigenvalue weighted by atomic mass is 32.1. The van der Waals surface area contributed by atoms with E-state index in [1.54, 1.807) is 4.57 Å². The van der Waals surface area contributed by atoms with Crippen molar-refractivity contribution in [2.75, 3.05) is 32.8 Å². The molecule has 3 aromatic heterocycles. The number of aromatic nitrogens is 4. The van der Waals surface area contributed by atoms with Crippen LogP contribution in [-0.4, -0.2) is 57.1 Å². The molecule has 1 fully saturated rings. The molecule has 38 heavy (non-hydrogen) atoms. The Morgan fingerprint density at radius 1 is 1.00 bits per heavy atom. The van der Waals surface area contributed by atoms with Crippen LogP contribution in [0.3, 0.4) is 0 Å². The molecule has 1 saturated heterocycles. The van der Waals surface area contributed by atoms with Crippen LogP contribution in [0.4, 0.5) is 0 Å². The molecule has 5 aromatic rings. The maximum Gasteiger partial charge on any atom is 0.282 e. The standard InChI is InChI=1S/C29H31N5O3S/c1-19-7-5-8-21(17-19)18-22-26-25(20(2)33(27(22)35)12-6-11-32-13-15-37-16-14-32)28(36)34(31-26)29-30-23-9-3-4-10-24(23)38-29/h3-5,7-10,17,31H,6,11-16,18H2,1-2H3. The first kappa shape index (κ1) is 24.8. The molecule has 0 bridgehead atoms. The minimum Gasteiger partial charge on any atom is -0.379 e. The first-order chi connectivity index (χ1) is 18.5. The number of aromatic amines is 1. The zero-order valence-electron chi connectivity index (χ0n) is 21.7. The van der Waals surface area contributed by atoms with Crippen molar-refractivity contribution in [2.45, 2.75) is 33.2 Å². The third-order valence-corrected chi connectivity index (χ3v) is 8.38. The summed E-state index contributed by atoms with van der Waals surface area (Å²) >= 11 is 1.46. The van der Waals surface area contributed by atoms with Crippen LogP contribution in [0.25, 0.3) is 26.3 Å². The Hall–Kier alpha value is -3.53. The molecule has 2 aromatic carbocycles. The third kappa shape index (κ3) is 4.62. The number of ether oxygens (including phenoxy) is 1. The van der Waals surface area contributed by atoms with Gasteiger partial charge in [-0.25, -0.2) is 4.98 Å². The highest BCUT2D eigenvalue weighted by Gasteiger charge is 2.22. The van der Waals surface area contributed by atoms with Crippen LogP contribution in [-0.2, 0) is 17.7 Å². The molecule has 4 heterocycles. The maximum atomic E-state index is 14.0. The molecule has 1 aliphatic rings. The third-order valence-electron chi connectivity index (χ3n) is 7.36. The Morgan fingerprint density at radius 2 is 1.82 bits per heavy atom. The molecule has 0 radical (unpaired) electrons. The Kier molecular flexibility index (Phi) is 6.73. The molecule has 1 aliphatic heterocycles. The van der Waals surface area contributed by atoms with E-state index in [1.165, 1.54) is 16.0 Å². The number of H-pyrrole nitrogens is 1. The molecular weight excluding hydrogens is 498 g/mol. The van der Waals surface area contributed by atoms with Gasteiger partial charge in [0.1, 0.15) is 0 Å². The molecule has 6 rings (SSSR count). The number of pyridine rings is 1. The van der Waals surface area contributed by atoms with Gasteiger partial charge in [0.2, 0.25) is 5.13 Å². The zero-order chi connectivity index (χ0) is 26.2. The predicted octanol–water partition coefficient (Wildman–Crippen LogP) is 4.02. The van der Waals surface area contributed by atoms with Crippen molar-refractivity contribution in [3.63, 3.8) is 0 Å². The lowest BCUT2D eigenvalue weighted by molar-refractivity contribution is 0.0369. The lowest BCUT2D eigenvalue weighted by Gasteiger charge is -2.26. The van der Waals surface area contributed by atoms with Crippen molar-refractivity contribution in [2.24, 2.45) is 0 Å². The van der Waals surface area contributed by atoms with Gasteiger partial charge in [-0.1, -0.05) is 53.3 Å². The summed E-state index contributed by atoms with van der Waals surface area (Å²) in [7, 11) is 0. The Labute approximate surface area is 224 Å². The van der Waals surface area contributed by atoms with E-state index in [9.17, 15) is 9.59 Å². The van der Waals surface area contributed by atoms with Crippen molar-refractivity contribution >= 4 is 32.5 Å². The van der Waals surface area contributed by atoms with E-state index < -0.39 is 0 Å². The van der Waals surface area contributed by atoms with Crippen molar-refractivity contribution < 1.29 is 4.74 Å². The lowest BCUT2D eigenvalue weighted by Crippen LogP contribution is -2.37. The summed E-state index contributed by atoms with van der Waals surface area (Å²) in [5.74, 6) is 0. The SMILES string of the molecule is Cc1cccc(Cc2c(=O)n(CCCN3CCOCC3)c(C)c3c(=O)n(-c4nc5ccccc5s4)[nH]c23)c1. The number of hydrogen-bond donors (Lipinski definition) is 1. The molecule has 0 unspecified atom stereocenters. The number of thiazole rings is 1. The number of aryl methyl sites for hydroxylation is 2. The van der Waals surface area contributed by atoms with E-state index in [2.05, 4.69) is 21.0 Å². The molecule has 8 nitrogen and oxygen atoms in total. The number of morpholine rings is 1. The monoisotopic (exact) mass is 529 g/mol. The van der Waals surface area contributed by atoms with E-state index in [-0.39, 0.29) is 11.1 Å². The largest absolute Gasteiger partial charge is 0.379 e. The molecule has 0 saturated carbocycles. The average Bonchev–Trinajstić information content (AvgIpc) is 3.50. The second kappa shape index (κ2) is 10.3. The maximum absolute atomic E-state index is 14.0. The first-order valence-electron chi connectivity index (χ1n) is 13.1. The smallest absolute Gasteiger partial charge is 0.282 e. The van der Waals surface area contributed by atoms with Gasteiger partial charge in [-0.3, -0.25) is 19.6 Å². The summed E-state index contributed by atoms with van der Waals surface area (Å²) in [5.41, 5.74) is 4.71. The minimum absolute atomic E-state index is 0.0452. The number of rotatable bonds is 7. The number of benzene rings is 2. The van der Waals surface area contributed by atoms with Gasteiger partial charge in [-0.2, -0.15) is 4.68 Å². The fraction of sp³-hybridized carbons (Fsp3) is 0.345. The highest BCUT2D eigenvalue weighted by Crippen LogP contribution is 2.25. The molecule has 0 spiro atoms. The van der Waals surface area contributed by atoms with Gasteiger partial charge in [0.25, 0.3) is 11.1 Å². The Morgan fingerprint density at radius 3 is 2.61 bits per heavy atom. The van der Waals surface area contributed by atoms with Gasteiger partial charge in [0.05, 0.1) is 34.3 Å². The number of fused-ring (bicyclic) bond motifs is 2. The molecular formula is C29H31N5O3S. The summed E-state index contributed by atoms with van der Waals surface area (Å²) in [4.78, 5) is 34.8. The fourth-order valence-electron chi connectivity index (χ4n) is 5.38. The van der Waals surface area contributed by atoms with Crippen LogP contribution in [0.2, 0.25) is 0 Å². The second-order valence-electron chi connectivity index (χ2n) is 9.96. The highest BCUT2D eigenvalue weighted by molar-refractivity contribution is 7.20. The number of para-hydroxylation sites is 1. The minimum atomic E-state index is -0.177. The van der Waals surface area contributed by atoms with Gasteiger partial charge in [0, 0.05) is 43.9 Å². The van der Waals surface area contributed by atoms with Crippen LogP contribution in [0.15, 0.2) is 58.1 Å². The van der Waals surface area contributed by atoms with E-state index >= 15 is 0 Å². The van der Waals surface area contributed by atoms with Crippen LogP contribution >= 0.6 is 11.3 Å². The predicted molar refractivity (Wildman–Crippen MR) is 152 cm³/mol. The summed E-state index contributed by atoms with van der Waals surface area (Å²) in [6, 6.07) is 16.0. The van der Waals surface area contributed by atoms with Gasteiger partial charge < -0.3 is 9.30 Å². The first-order valence-corrected chi connectivity index (χ1v) is 13.9. The normalized spacial score (nSPS) is 14.6. The fourth-order valence-corrected chi connectivity index (χ4v) is 6.30. The van der Waals surface area contributed by atoms with E-state index in [0.717, 1.165) is 60.6 Å². The molecule has 0 amide bonds. The molecule has 0 aliphatic carbocycles. The van der Waals surface area contributed by atoms with Crippen molar-refractivity contribution in [1.29, 1.82) is 0 Å². The van der Waals surface area contributed by atoms with Gasteiger partial charge in [-0.15, -0.1) is 0 Å². The van der Waals surface area contributed by atoms with Gasteiger partial charge >= 0.3 is 0 Å². The van der Waals surface area contributed by atoms with E-state index in [0.29, 0.717) is 40.3 Å². The van der Waals surface area contributed by atoms with E-state index in [4.69, 9.17) is 4.74 Å². The number of nitrogens with one attached hydrogen (secondary N) is 1. The van der Waals surface area contributed by atoms with Crippen molar-refractivity contribution in [3.8, 4) is 5.13 Å². The van der Waals surface area contributed by atoms with Crippen LogP contribution in [0, 0.1) is 13.8 Å². The summed E-state index contributed by atoms with van der Waals surface area (Å²) < 4.78 is 9.76. The zero-order valence-corrected chi connectivity index (χ0v) is 22.5. The molecule has 0 atom stereocenters. The van der Waals surface area contributed by atoms with Gasteiger partial charge in [-0.05, 0) is 38.0 Å². The topological polar surface area (TPSA) is 85.2 Å². The average molecular weight is 530 g/mol. The molecule has 1 N–H and O–H groups in total. The lowest BCUT2D eigenvalue weighted by atomic mass is 10.0. The van der Waals surface area contributed by atoms with E-state index in [1.807, 2.05) is 56.3 Å². The molecule has 9 heteroatoms. The van der Waals surface area contributed by atoms with Crippen LogP contribution in [0.5, 0.6) is 0 Å². The summed E-state index contributed by atoms with van der Waals surface area (Å²) in [5, 5.41) is 4.40. The Bertz CT molecular complexity index is 1710. The second-order valence-corrected chi connectivity index (χ2v) is 11.0. The summed E-state index contributed by atoms with van der Waals surface area (Å²) in [6.07, 6.45) is 1.27. The van der Waals surface area contributed by atoms with Crippen molar-refractivity contribution in [1.82, 2.24) is 24.2 Å². The van der Waals surface area contributed by atoms with Crippen molar-refractivity contribution in [3.05, 3.63) is 91.6 Å². The Balaban J connectivity index is 1.46. The summed E-state index contributed by atoms with van der Waals surface area (Å²) in [6.45, 7) is 8.71. The van der Waals surface area contributed by atoms with Gasteiger partial charge in [0.15, 0.2) is 0 Å². The van der Waals surface area contributed by atoms with Crippen LogP contribution < -0.4 is 11.1 Å².